The van der Waals surface area contributed by atoms with Crippen LogP contribution < -0.4 is 15.7 Å². The van der Waals surface area contributed by atoms with E-state index in [1.165, 1.54) is 0 Å². The summed E-state index contributed by atoms with van der Waals surface area (Å²) in [6.45, 7) is 3.66. The Labute approximate surface area is 180 Å². The highest BCUT2D eigenvalue weighted by Crippen LogP contribution is 2.35. The van der Waals surface area contributed by atoms with Gasteiger partial charge in [0.15, 0.2) is 6.10 Å². The number of rotatable bonds is 6. The second-order valence-corrected chi connectivity index (χ2v) is 8.12. The molecule has 0 spiro atoms. The van der Waals surface area contributed by atoms with Gasteiger partial charge in [0.25, 0.3) is 5.91 Å². The van der Waals surface area contributed by atoms with E-state index in [9.17, 15) is 14.7 Å². The molecule has 31 heavy (non-hydrogen) atoms. The van der Waals surface area contributed by atoms with Crippen LogP contribution in [0.1, 0.15) is 48.1 Å². The molecule has 2 atom stereocenters. The molecule has 1 aliphatic rings. The lowest BCUT2D eigenvalue weighted by Gasteiger charge is -2.21. The van der Waals surface area contributed by atoms with Crippen molar-refractivity contribution < 1.29 is 19.1 Å². The fraction of sp³-hybridized carbons (Fsp3) is 0.360. The highest BCUT2D eigenvalue weighted by atomic mass is 16.5. The van der Waals surface area contributed by atoms with Crippen molar-refractivity contribution in [3.63, 3.8) is 0 Å². The number of benzene rings is 2. The lowest BCUT2D eigenvalue weighted by atomic mass is 9.90. The van der Waals surface area contributed by atoms with E-state index in [-0.39, 0.29) is 18.1 Å². The molecule has 2 N–H and O–H groups in total. The number of nitrogens with one attached hydrogen (secondary N) is 1. The minimum Gasteiger partial charge on any atom is -0.480 e. The Morgan fingerprint density at radius 2 is 1.87 bits per heavy atom. The number of carbonyl (C=O) groups is 1. The first-order valence-corrected chi connectivity index (χ1v) is 10.7. The van der Waals surface area contributed by atoms with Gasteiger partial charge in [0, 0.05) is 12.1 Å². The maximum atomic E-state index is 12.6. The van der Waals surface area contributed by atoms with E-state index < -0.39 is 12.2 Å². The van der Waals surface area contributed by atoms with Crippen molar-refractivity contribution in [2.24, 2.45) is 0 Å². The van der Waals surface area contributed by atoms with E-state index in [4.69, 9.17) is 9.15 Å². The average molecular weight is 421 g/mol. The third-order valence-corrected chi connectivity index (χ3v) is 5.76. The van der Waals surface area contributed by atoms with E-state index in [1.807, 2.05) is 49.4 Å². The number of hydrogen-bond acceptors (Lipinski definition) is 5. The first kappa shape index (κ1) is 21.1. The largest absolute Gasteiger partial charge is 0.480 e. The van der Waals surface area contributed by atoms with Crippen molar-refractivity contribution >= 4 is 16.9 Å². The smallest absolute Gasteiger partial charge is 0.339 e. The number of amides is 1. The molecular weight excluding hydrogens is 394 g/mol. The number of hydrogen-bond donors (Lipinski definition) is 2. The number of aliphatic hydroxyl groups excluding tert-OH is 1. The van der Waals surface area contributed by atoms with Gasteiger partial charge < -0.3 is 19.6 Å². The lowest BCUT2D eigenvalue weighted by Crippen LogP contribution is -2.38. The molecule has 0 bridgehead atoms. The molecule has 0 unspecified atom stereocenters. The predicted octanol–water partition coefficient (Wildman–Crippen LogP) is 3.60. The summed E-state index contributed by atoms with van der Waals surface area (Å²) in [4.78, 5) is 25.0. The summed E-state index contributed by atoms with van der Waals surface area (Å²) in [5.74, 6) is 0.221. The normalized spacial score (nSPS) is 15.2. The van der Waals surface area contributed by atoms with Crippen LogP contribution in [0, 0.1) is 6.92 Å². The second-order valence-electron chi connectivity index (χ2n) is 8.12. The highest BCUT2D eigenvalue weighted by molar-refractivity contribution is 5.89. The molecule has 0 radical (unpaired) electrons. The summed E-state index contributed by atoms with van der Waals surface area (Å²) >= 11 is 0. The second kappa shape index (κ2) is 8.94. The fourth-order valence-corrected chi connectivity index (χ4v) is 4.14. The molecule has 1 amide bonds. The molecule has 3 aromatic rings. The number of fused-ring (bicyclic) bond motifs is 3. The summed E-state index contributed by atoms with van der Waals surface area (Å²) in [5.41, 5.74) is 3.53. The molecule has 162 valence electrons. The van der Waals surface area contributed by atoms with Gasteiger partial charge >= 0.3 is 5.63 Å². The topological polar surface area (TPSA) is 88.8 Å². The molecule has 6 heteroatoms. The molecule has 1 heterocycles. The number of aliphatic hydroxyl groups is 1. The molecule has 6 nitrogen and oxygen atoms in total. The average Bonchev–Trinajstić information content (AvgIpc) is 2.77. The Morgan fingerprint density at radius 3 is 2.61 bits per heavy atom. The van der Waals surface area contributed by atoms with E-state index in [0.29, 0.717) is 17.8 Å². The fourth-order valence-electron chi connectivity index (χ4n) is 4.14. The Balaban J connectivity index is 1.55. The van der Waals surface area contributed by atoms with Gasteiger partial charge in [-0.2, -0.15) is 0 Å². The quantitative estimate of drug-likeness (QED) is 0.594. The van der Waals surface area contributed by atoms with Gasteiger partial charge in [0.05, 0.1) is 11.5 Å². The van der Waals surface area contributed by atoms with Crippen molar-refractivity contribution in [1.82, 2.24) is 5.32 Å². The van der Waals surface area contributed by atoms with Crippen molar-refractivity contribution in [3.05, 3.63) is 75.1 Å². The Kier molecular flexibility index (Phi) is 6.09. The molecule has 1 aromatic heterocycles. The van der Waals surface area contributed by atoms with Crippen LogP contribution in [0.25, 0.3) is 11.0 Å². The molecule has 0 saturated carbocycles. The van der Waals surface area contributed by atoms with Gasteiger partial charge in [0.2, 0.25) is 0 Å². The van der Waals surface area contributed by atoms with Gasteiger partial charge in [-0.05, 0) is 68.4 Å². The Bertz CT molecular complexity index is 1150. The number of aryl methyl sites for hydroxylation is 2. The van der Waals surface area contributed by atoms with Crippen LogP contribution in [-0.4, -0.2) is 23.7 Å². The van der Waals surface area contributed by atoms with Gasteiger partial charge in [-0.1, -0.05) is 30.3 Å². The molecule has 0 fully saturated rings. The summed E-state index contributed by atoms with van der Waals surface area (Å²) in [6, 6.07) is 12.9. The van der Waals surface area contributed by atoms with Gasteiger partial charge in [0.1, 0.15) is 11.3 Å². The van der Waals surface area contributed by atoms with Crippen LogP contribution in [0.5, 0.6) is 5.75 Å². The van der Waals surface area contributed by atoms with Crippen LogP contribution in [0.3, 0.4) is 0 Å². The van der Waals surface area contributed by atoms with Crippen LogP contribution in [-0.2, 0) is 17.6 Å². The van der Waals surface area contributed by atoms with Gasteiger partial charge in [-0.3, -0.25) is 4.79 Å². The lowest BCUT2D eigenvalue weighted by molar-refractivity contribution is -0.127. The maximum Gasteiger partial charge on any atom is 0.339 e. The summed E-state index contributed by atoms with van der Waals surface area (Å²) in [5, 5.41) is 13.8. The van der Waals surface area contributed by atoms with Gasteiger partial charge in [-0.25, -0.2) is 4.79 Å². The van der Waals surface area contributed by atoms with Crippen molar-refractivity contribution in [2.75, 3.05) is 6.54 Å². The third-order valence-electron chi connectivity index (χ3n) is 5.76. The van der Waals surface area contributed by atoms with E-state index in [2.05, 4.69) is 5.32 Å². The molecule has 2 aromatic carbocycles. The SMILES string of the molecule is Cc1cc(O[C@H](C)C(=O)NC[C@@H](O)c2ccccc2)c2c3c(c(=O)oc2c1)CCCC3. The summed E-state index contributed by atoms with van der Waals surface area (Å²) in [6.07, 6.45) is 1.90. The highest BCUT2D eigenvalue weighted by Gasteiger charge is 2.23. The van der Waals surface area contributed by atoms with Crippen LogP contribution in [0.4, 0.5) is 0 Å². The first-order chi connectivity index (χ1) is 14.9. The molecule has 0 aliphatic heterocycles. The van der Waals surface area contributed by atoms with E-state index in [1.54, 1.807) is 6.92 Å². The predicted molar refractivity (Wildman–Crippen MR) is 118 cm³/mol. The Morgan fingerprint density at radius 1 is 1.16 bits per heavy atom. The zero-order valence-electron chi connectivity index (χ0n) is 17.8. The zero-order valence-corrected chi connectivity index (χ0v) is 17.8. The molecule has 4 rings (SSSR count). The van der Waals surface area contributed by atoms with Crippen LogP contribution in [0.15, 0.2) is 51.7 Å². The number of carbonyl (C=O) groups excluding carboxylic acids is 1. The first-order valence-electron chi connectivity index (χ1n) is 10.7. The molecule has 0 saturated heterocycles. The third kappa shape index (κ3) is 4.49. The minimum atomic E-state index is -0.793. The standard InChI is InChI=1S/C25H27NO5/c1-15-12-21(23-18-10-6-7-11-19(18)25(29)31-22(23)13-15)30-16(2)24(28)26-14-20(27)17-8-4-3-5-9-17/h3-5,8-9,12-13,16,20,27H,6-7,10-11,14H2,1-2H3,(H,26,28)/t16-,20-/m1/s1. The molecular formula is C25H27NO5. The minimum absolute atomic E-state index is 0.0926. The maximum absolute atomic E-state index is 12.6. The number of ether oxygens (including phenoxy) is 1. The van der Waals surface area contributed by atoms with Crippen molar-refractivity contribution in [1.29, 1.82) is 0 Å². The van der Waals surface area contributed by atoms with E-state index in [0.717, 1.165) is 46.9 Å². The zero-order chi connectivity index (χ0) is 22.0. The van der Waals surface area contributed by atoms with Crippen LogP contribution >= 0.6 is 0 Å². The van der Waals surface area contributed by atoms with Crippen LogP contribution in [0.2, 0.25) is 0 Å². The Hall–Kier alpha value is -3.12. The molecule has 1 aliphatic carbocycles. The van der Waals surface area contributed by atoms with Gasteiger partial charge in [-0.15, -0.1) is 0 Å². The monoisotopic (exact) mass is 421 g/mol. The van der Waals surface area contributed by atoms with Crippen molar-refractivity contribution in [2.45, 2.75) is 51.7 Å². The van der Waals surface area contributed by atoms with E-state index >= 15 is 0 Å². The summed E-state index contributed by atoms with van der Waals surface area (Å²) in [7, 11) is 0. The summed E-state index contributed by atoms with van der Waals surface area (Å²) < 4.78 is 11.6. The van der Waals surface area contributed by atoms with Crippen molar-refractivity contribution in [3.8, 4) is 5.75 Å².